The number of nitrogens with zero attached hydrogens (tertiary/aromatic N) is 2. The second kappa shape index (κ2) is 7.59. The maximum absolute atomic E-state index is 12.8. The van der Waals surface area contributed by atoms with E-state index >= 15 is 0 Å². The van der Waals surface area contributed by atoms with Crippen molar-refractivity contribution in [3.8, 4) is 5.75 Å². The first-order valence-corrected chi connectivity index (χ1v) is 8.52. The van der Waals surface area contributed by atoms with E-state index in [1.165, 1.54) is 16.8 Å². The lowest BCUT2D eigenvalue weighted by atomic mass is 10.2. The highest BCUT2D eigenvalue weighted by Crippen LogP contribution is 2.31. The van der Waals surface area contributed by atoms with E-state index in [0.717, 1.165) is 18.6 Å². The number of alkyl halides is 3. The van der Waals surface area contributed by atoms with Crippen LogP contribution in [0.25, 0.3) is 0 Å². The number of carbonyl (C=O) groups is 1. The van der Waals surface area contributed by atoms with Gasteiger partial charge in [0.2, 0.25) is 0 Å². The summed E-state index contributed by atoms with van der Waals surface area (Å²) < 4.78 is 50.6. The lowest BCUT2D eigenvalue weighted by Crippen LogP contribution is -2.27. The summed E-state index contributed by atoms with van der Waals surface area (Å²) in [6, 6.07) is 4.65. The molecule has 1 aromatic carbocycles. The van der Waals surface area contributed by atoms with Crippen LogP contribution in [-0.4, -0.2) is 28.4 Å². The number of benzene rings is 1. The summed E-state index contributed by atoms with van der Waals surface area (Å²) in [5.41, 5.74) is 1.01. The van der Waals surface area contributed by atoms with Crippen molar-refractivity contribution in [3.63, 3.8) is 0 Å². The van der Waals surface area contributed by atoms with Gasteiger partial charge in [0.15, 0.2) is 6.73 Å². The molecule has 1 unspecified atom stereocenters. The SMILES string of the molecule is Cc1nn(COc2cccc(C(F)(F)F)c2)c(C)c1NC(=O)C1CCCO1. The van der Waals surface area contributed by atoms with E-state index in [0.29, 0.717) is 30.1 Å². The summed E-state index contributed by atoms with van der Waals surface area (Å²) in [7, 11) is 0. The molecule has 1 saturated heterocycles. The quantitative estimate of drug-likeness (QED) is 0.856. The highest BCUT2D eigenvalue weighted by Gasteiger charge is 2.30. The number of aromatic nitrogens is 2. The summed E-state index contributed by atoms with van der Waals surface area (Å²) in [4.78, 5) is 12.2. The van der Waals surface area contributed by atoms with E-state index in [1.54, 1.807) is 13.8 Å². The first kappa shape index (κ1) is 19.2. The smallest absolute Gasteiger partial charge is 0.416 e. The number of hydrogen-bond acceptors (Lipinski definition) is 4. The standard InChI is InChI=1S/C18H20F3N3O3/c1-11-16(22-17(25)15-7-4-8-26-15)12(2)24(23-11)10-27-14-6-3-5-13(9-14)18(19,20)21/h3,5-6,9,15H,4,7-8,10H2,1-2H3,(H,22,25). The molecule has 2 heterocycles. The second-order valence-corrected chi connectivity index (χ2v) is 6.34. The first-order valence-electron chi connectivity index (χ1n) is 8.52. The molecule has 0 saturated carbocycles. The highest BCUT2D eigenvalue weighted by molar-refractivity contribution is 5.95. The summed E-state index contributed by atoms with van der Waals surface area (Å²) >= 11 is 0. The molecular formula is C18H20F3N3O3. The predicted molar refractivity (Wildman–Crippen MR) is 91.4 cm³/mol. The number of halogens is 3. The van der Waals surface area contributed by atoms with Gasteiger partial charge in [-0.25, -0.2) is 4.68 Å². The van der Waals surface area contributed by atoms with Gasteiger partial charge in [0.25, 0.3) is 5.91 Å². The van der Waals surface area contributed by atoms with Gasteiger partial charge in [-0.05, 0) is 44.9 Å². The van der Waals surface area contributed by atoms with Gasteiger partial charge in [-0.1, -0.05) is 6.07 Å². The average molecular weight is 383 g/mol. The van der Waals surface area contributed by atoms with Crippen LogP contribution < -0.4 is 10.1 Å². The number of carbonyl (C=O) groups excluding carboxylic acids is 1. The number of rotatable bonds is 5. The van der Waals surface area contributed by atoms with Gasteiger partial charge in [0, 0.05) is 6.61 Å². The molecule has 27 heavy (non-hydrogen) atoms. The van der Waals surface area contributed by atoms with E-state index in [-0.39, 0.29) is 18.4 Å². The van der Waals surface area contributed by atoms with Crippen molar-refractivity contribution in [3.05, 3.63) is 41.2 Å². The Morgan fingerprint density at radius 2 is 2.19 bits per heavy atom. The summed E-state index contributed by atoms with van der Waals surface area (Å²) in [6.07, 6.45) is -3.37. The molecule has 0 radical (unpaired) electrons. The average Bonchev–Trinajstić information content (AvgIpc) is 3.24. The molecule has 1 aromatic heterocycles. The van der Waals surface area contributed by atoms with Crippen LogP contribution >= 0.6 is 0 Å². The van der Waals surface area contributed by atoms with Crippen LogP contribution in [0, 0.1) is 13.8 Å². The van der Waals surface area contributed by atoms with E-state index in [9.17, 15) is 18.0 Å². The lowest BCUT2D eigenvalue weighted by Gasteiger charge is -2.12. The molecule has 6 nitrogen and oxygen atoms in total. The Labute approximate surface area is 154 Å². The minimum absolute atomic E-state index is 0.0796. The van der Waals surface area contributed by atoms with Gasteiger partial charge in [0.05, 0.1) is 22.6 Å². The predicted octanol–water partition coefficient (Wildman–Crippen LogP) is 3.67. The normalized spacial score (nSPS) is 17.1. The molecule has 3 rings (SSSR count). The molecule has 9 heteroatoms. The van der Waals surface area contributed by atoms with Crippen molar-refractivity contribution in [2.45, 2.75) is 45.7 Å². The van der Waals surface area contributed by atoms with E-state index in [1.807, 2.05) is 0 Å². The topological polar surface area (TPSA) is 65.4 Å². The van der Waals surface area contributed by atoms with Crippen molar-refractivity contribution >= 4 is 11.6 Å². The largest absolute Gasteiger partial charge is 0.471 e. The van der Waals surface area contributed by atoms with Crippen molar-refractivity contribution in [1.29, 1.82) is 0 Å². The molecule has 1 aliphatic heterocycles. The van der Waals surface area contributed by atoms with Gasteiger partial charge < -0.3 is 14.8 Å². The molecule has 1 fully saturated rings. The van der Waals surface area contributed by atoms with Gasteiger partial charge in [-0.3, -0.25) is 4.79 Å². The van der Waals surface area contributed by atoms with Crippen molar-refractivity contribution in [2.24, 2.45) is 0 Å². The summed E-state index contributed by atoms with van der Waals surface area (Å²) in [5, 5.41) is 7.11. The number of hydrogen-bond donors (Lipinski definition) is 1. The van der Waals surface area contributed by atoms with Crippen LogP contribution in [0.3, 0.4) is 0 Å². The Hall–Kier alpha value is -2.55. The number of ether oxygens (including phenoxy) is 2. The zero-order valence-corrected chi connectivity index (χ0v) is 15.0. The number of amides is 1. The molecule has 1 aliphatic rings. The molecule has 146 valence electrons. The number of aryl methyl sites for hydroxylation is 1. The molecule has 0 bridgehead atoms. The molecule has 2 aromatic rings. The Bertz CT molecular complexity index is 827. The van der Waals surface area contributed by atoms with E-state index < -0.39 is 17.8 Å². The third-order valence-corrected chi connectivity index (χ3v) is 4.37. The van der Waals surface area contributed by atoms with Gasteiger partial charge in [0.1, 0.15) is 11.9 Å². The van der Waals surface area contributed by atoms with Crippen LogP contribution in [0.5, 0.6) is 5.75 Å². The second-order valence-electron chi connectivity index (χ2n) is 6.34. The Morgan fingerprint density at radius 3 is 2.85 bits per heavy atom. The fraction of sp³-hybridized carbons (Fsp3) is 0.444. The Balaban J connectivity index is 1.69. The van der Waals surface area contributed by atoms with Gasteiger partial charge in [-0.15, -0.1) is 0 Å². The van der Waals surface area contributed by atoms with E-state index in [2.05, 4.69) is 10.4 Å². The fourth-order valence-electron chi connectivity index (χ4n) is 2.89. The number of anilines is 1. The fourth-order valence-corrected chi connectivity index (χ4v) is 2.89. The number of nitrogens with one attached hydrogen (secondary N) is 1. The first-order chi connectivity index (χ1) is 12.8. The van der Waals surface area contributed by atoms with Crippen LogP contribution in [0.1, 0.15) is 29.8 Å². The Morgan fingerprint density at radius 1 is 1.41 bits per heavy atom. The molecule has 1 atom stereocenters. The van der Waals surface area contributed by atoms with Crippen molar-refractivity contribution < 1.29 is 27.4 Å². The third kappa shape index (κ3) is 4.41. The van der Waals surface area contributed by atoms with Gasteiger partial charge >= 0.3 is 6.18 Å². The molecular weight excluding hydrogens is 363 g/mol. The van der Waals surface area contributed by atoms with Crippen molar-refractivity contribution in [1.82, 2.24) is 9.78 Å². The monoisotopic (exact) mass is 383 g/mol. The zero-order valence-electron chi connectivity index (χ0n) is 15.0. The van der Waals surface area contributed by atoms with Gasteiger partial charge in [-0.2, -0.15) is 18.3 Å². The third-order valence-electron chi connectivity index (χ3n) is 4.37. The van der Waals surface area contributed by atoms with Crippen molar-refractivity contribution in [2.75, 3.05) is 11.9 Å². The Kier molecular flexibility index (Phi) is 5.41. The van der Waals surface area contributed by atoms with Crippen LogP contribution in [-0.2, 0) is 22.4 Å². The minimum atomic E-state index is -4.43. The highest BCUT2D eigenvalue weighted by atomic mass is 19.4. The minimum Gasteiger partial charge on any atom is -0.471 e. The zero-order chi connectivity index (χ0) is 19.6. The molecule has 0 aliphatic carbocycles. The van der Waals surface area contributed by atoms with Crippen LogP contribution in [0.2, 0.25) is 0 Å². The van der Waals surface area contributed by atoms with Crippen LogP contribution in [0.4, 0.5) is 18.9 Å². The molecule has 1 amide bonds. The molecule has 1 N–H and O–H groups in total. The summed E-state index contributed by atoms with van der Waals surface area (Å²) in [6.45, 7) is 3.98. The van der Waals surface area contributed by atoms with E-state index in [4.69, 9.17) is 9.47 Å². The lowest BCUT2D eigenvalue weighted by molar-refractivity contribution is -0.137. The summed E-state index contributed by atoms with van der Waals surface area (Å²) in [5.74, 6) is -0.139. The molecule has 0 spiro atoms. The maximum Gasteiger partial charge on any atom is 0.416 e. The maximum atomic E-state index is 12.8. The van der Waals surface area contributed by atoms with Crippen LogP contribution in [0.15, 0.2) is 24.3 Å².